The third kappa shape index (κ3) is 12.7. The molecule has 0 unspecified atom stereocenters. The van der Waals surface area contributed by atoms with Crippen molar-refractivity contribution in [3.63, 3.8) is 0 Å². The SMILES string of the molecule is [2H]c1nc(-c2ccc(CN(C[C@]([2H])(O)[C@H](Cc3ccccc3)NC(=O)[C@@H](NC(=O)OC)C(C)(C)C)NC(=O)[C@@H](NC(=O)OC)C(C)(C)C)cc2)c([2H])c([2H])c1[2H]. The number of benzene rings is 2. The van der Waals surface area contributed by atoms with Crippen LogP contribution in [0.5, 0.6) is 0 Å². The summed E-state index contributed by atoms with van der Waals surface area (Å²) in [6.45, 7) is 9.65. The first-order valence-electron chi connectivity index (χ1n) is 18.8. The topological polar surface area (TPSA) is 171 Å². The lowest BCUT2D eigenvalue weighted by Gasteiger charge is -2.35. The van der Waals surface area contributed by atoms with Crippen LogP contribution >= 0.6 is 0 Å². The molecule has 51 heavy (non-hydrogen) atoms. The van der Waals surface area contributed by atoms with E-state index in [4.69, 9.17) is 15.0 Å². The van der Waals surface area contributed by atoms with E-state index < -0.39 is 83.8 Å². The Bertz CT molecular complexity index is 1850. The Morgan fingerprint density at radius 2 is 1.39 bits per heavy atom. The number of hydrogen-bond acceptors (Lipinski definition) is 9. The molecule has 0 radical (unpaired) electrons. The number of rotatable bonds is 14. The van der Waals surface area contributed by atoms with Crippen LogP contribution < -0.4 is 21.4 Å². The minimum atomic E-state index is -2.52. The molecule has 0 saturated heterocycles. The van der Waals surface area contributed by atoms with Crippen LogP contribution in [-0.4, -0.2) is 84.1 Å². The van der Waals surface area contributed by atoms with Gasteiger partial charge >= 0.3 is 12.2 Å². The van der Waals surface area contributed by atoms with Gasteiger partial charge in [0.2, 0.25) is 5.91 Å². The molecule has 5 N–H and O–H groups in total. The van der Waals surface area contributed by atoms with Gasteiger partial charge in [-0.05, 0) is 40.5 Å². The normalized spacial score (nSPS) is 16.0. The predicted octanol–water partition coefficient (Wildman–Crippen LogP) is 4.21. The molecule has 1 heterocycles. The Labute approximate surface area is 307 Å². The number of methoxy groups -OCH3 is 2. The van der Waals surface area contributed by atoms with Gasteiger partial charge in [-0.25, -0.2) is 14.6 Å². The van der Waals surface area contributed by atoms with Gasteiger partial charge in [-0.3, -0.25) is 20.0 Å². The number of pyridine rings is 1. The Morgan fingerprint density at radius 1 is 0.824 bits per heavy atom. The van der Waals surface area contributed by atoms with Gasteiger partial charge in [0.1, 0.15) is 12.1 Å². The second-order valence-corrected chi connectivity index (χ2v) is 14.1. The molecule has 0 aliphatic heterocycles. The number of alkyl carbamates (subject to hydrolysis) is 2. The first-order valence-corrected chi connectivity index (χ1v) is 16.3. The molecule has 0 spiro atoms. The van der Waals surface area contributed by atoms with Crippen LogP contribution in [0.4, 0.5) is 9.59 Å². The van der Waals surface area contributed by atoms with Crippen molar-refractivity contribution in [2.75, 3.05) is 20.8 Å². The van der Waals surface area contributed by atoms with E-state index in [9.17, 15) is 25.7 Å². The third-order valence-electron chi connectivity index (χ3n) is 7.84. The summed E-state index contributed by atoms with van der Waals surface area (Å²) in [7, 11) is 2.32. The highest BCUT2D eigenvalue weighted by atomic mass is 16.5. The minimum absolute atomic E-state index is 0.0256. The van der Waals surface area contributed by atoms with E-state index >= 15 is 0 Å². The van der Waals surface area contributed by atoms with Crippen molar-refractivity contribution in [3.8, 4) is 11.3 Å². The molecule has 2 aromatic carbocycles. The highest BCUT2D eigenvalue weighted by Crippen LogP contribution is 2.23. The van der Waals surface area contributed by atoms with Crippen molar-refractivity contribution in [1.29, 1.82) is 0 Å². The van der Waals surface area contributed by atoms with Crippen molar-refractivity contribution in [3.05, 3.63) is 90.0 Å². The van der Waals surface area contributed by atoms with Gasteiger partial charge in [0.15, 0.2) is 0 Å². The molecule has 0 aliphatic rings. The van der Waals surface area contributed by atoms with Gasteiger partial charge in [-0.2, -0.15) is 0 Å². The fourth-order valence-corrected chi connectivity index (χ4v) is 5.08. The van der Waals surface area contributed by atoms with Gasteiger partial charge in [0.25, 0.3) is 5.91 Å². The van der Waals surface area contributed by atoms with Crippen LogP contribution in [0.2, 0.25) is 0 Å². The molecule has 0 saturated carbocycles. The molecule has 4 atom stereocenters. The number of aliphatic hydroxyl groups is 1. The Balaban J connectivity index is 2.06. The number of carbonyl (C=O) groups excluding carboxylic acids is 4. The fraction of sp³-hybridized carbons (Fsp3) is 0.447. The molecule has 3 aromatic rings. The molecule has 1 aromatic heterocycles. The highest BCUT2D eigenvalue weighted by Gasteiger charge is 2.37. The van der Waals surface area contributed by atoms with Crippen molar-refractivity contribution < 1.29 is 40.6 Å². The average Bonchev–Trinajstić information content (AvgIpc) is 3.12. The number of hydrogen-bond donors (Lipinski definition) is 5. The van der Waals surface area contributed by atoms with Crippen LogP contribution in [0, 0.1) is 10.8 Å². The van der Waals surface area contributed by atoms with E-state index in [-0.39, 0.29) is 24.7 Å². The zero-order chi connectivity index (χ0) is 42.2. The Kier molecular flexibility index (Phi) is 11.9. The lowest BCUT2D eigenvalue weighted by molar-refractivity contribution is -0.132. The summed E-state index contributed by atoms with van der Waals surface area (Å²) in [5, 5.41) is 21.1. The molecule has 0 aliphatic carbocycles. The van der Waals surface area contributed by atoms with Crippen molar-refractivity contribution >= 4 is 24.0 Å². The summed E-state index contributed by atoms with van der Waals surface area (Å²) < 4.78 is 50.8. The second-order valence-electron chi connectivity index (χ2n) is 14.1. The fourth-order valence-electron chi connectivity index (χ4n) is 5.08. The van der Waals surface area contributed by atoms with Crippen LogP contribution in [0.3, 0.4) is 0 Å². The number of amides is 4. The van der Waals surface area contributed by atoms with Crippen LogP contribution in [0.15, 0.2) is 78.9 Å². The monoisotopic (exact) mass is 709 g/mol. The lowest BCUT2D eigenvalue weighted by atomic mass is 9.85. The molecule has 4 amide bonds. The lowest BCUT2D eigenvalue weighted by Crippen LogP contribution is -2.60. The van der Waals surface area contributed by atoms with Gasteiger partial charge in [0.05, 0.1) is 38.9 Å². The Hall–Kier alpha value is -5.01. The average molecular weight is 710 g/mol. The molecule has 0 fully saturated rings. The standard InChI is InChI=1S/C38H52N6O7/c1-37(2,3)31(41-35(48)50-7)33(46)40-29(22-25-14-10-9-11-15-25)30(45)24-44(43-34(47)32(38(4,5)6)42-36(49)51-8)23-26-17-19-27(20-18-26)28-16-12-13-21-39-28/h9-21,29-32,45H,22-24H2,1-8H3,(H,40,46)(H,41,48)(H,42,49)(H,43,47)/t29-,30-,31+,32+/m0/s1/i12D,13D,16D,21D,30D. The largest absolute Gasteiger partial charge is 0.453 e. The highest BCUT2D eigenvalue weighted by molar-refractivity contribution is 5.87. The summed E-state index contributed by atoms with van der Waals surface area (Å²) in [5.74, 6) is -1.39. The Morgan fingerprint density at radius 3 is 1.94 bits per heavy atom. The van der Waals surface area contributed by atoms with Crippen LogP contribution in [-0.2, 0) is 32.0 Å². The zero-order valence-corrected chi connectivity index (χ0v) is 30.3. The number of hydrazine groups is 1. The molecule has 13 heteroatoms. The van der Waals surface area contributed by atoms with Crippen molar-refractivity contribution in [1.82, 2.24) is 31.4 Å². The van der Waals surface area contributed by atoms with E-state index in [0.717, 1.165) is 14.2 Å². The summed E-state index contributed by atoms with van der Waals surface area (Å²) in [6.07, 6.45) is -4.70. The first kappa shape index (κ1) is 33.2. The van der Waals surface area contributed by atoms with E-state index in [1.807, 2.05) is 0 Å². The van der Waals surface area contributed by atoms with Gasteiger partial charge in [-0.1, -0.05) is 102 Å². The van der Waals surface area contributed by atoms with Gasteiger partial charge in [-0.15, -0.1) is 0 Å². The first-order chi connectivity index (χ1) is 26.0. The third-order valence-corrected chi connectivity index (χ3v) is 7.84. The number of nitrogens with one attached hydrogen (secondary N) is 4. The number of ether oxygens (including phenoxy) is 2. The quantitative estimate of drug-likeness (QED) is 0.154. The van der Waals surface area contributed by atoms with E-state index in [1.54, 1.807) is 96.1 Å². The van der Waals surface area contributed by atoms with Gasteiger partial charge < -0.3 is 30.5 Å². The minimum Gasteiger partial charge on any atom is -0.453 e. The maximum atomic E-state index is 13.9. The molecule has 276 valence electrons. The van der Waals surface area contributed by atoms with Crippen molar-refractivity contribution in [2.24, 2.45) is 10.8 Å². The summed E-state index contributed by atoms with van der Waals surface area (Å²) >= 11 is 0. The van der Waals surface area contributed by atoms with Crippen LogP contribution in [0.25, 0.3) is 11.3 Å². The van der Waals surface area contributed by atoms with E-state index in [1.165, 1.54) is 5.01 Å². The van der Waals surface area contributed by atoms with E-state index in [2.05, 4.69) is 26.4 Å². The summed E-state index contributed by atoms with van der Waals surface area (Å²) in [5.41, 5.74) is 2.72. The summed E-state index contributed by atoms with van der Waals surface area (Å²) in [4.78, 5) is 56.2. The number of carbonyl (C=O) groups is 4. The maximum Gasteiger partial charge on any atom is 0.407 e. The smallest absolute Gasteiger partial charge is 0.407 e. The molecule has 13 nitrogen and oxygen atoms in total. The zero-order valence-electron chi connectivity index (χ0n) is 35.3. The summed E-state index contributed by atoms with van der Waals surface area (Å²) in [6, 6.07) is 10.5. The number of aromatic nitrogens is 1. The van der Waals surface area contributed by atoms with Gasteiger partial charge in [0, 0.05) is 24.8 Å². The molecule has 3 rings (SSSR count). The molecule has 0 bridgehead atoms. The van der Waals surface area contributed by atoms with E-state index in [0.29, 0.717) is 16.7 Å². The maximum absolute atomic E-state index is 13.9. The number of nitrogens with zero attached hydrogens (tertiary/aromatic N) is 2. The molecular weight excluding hydrogens is 652 g/mol. The second kappa shape index (κ2) is 18.3. The molecular formula is C38H52N6O7. The van der Waals surface area contributed by atoms with Crippen molar-refractivity contribution in [2.45, 2.75) is 78.7 Å². The van der Waals surface area contributed by atoms with Crippen LogP contribution in [0.1, 0.15) is 59.5 Å². The predicted molar refractivity (Wildman–Crippen MR) is 194 cm³/mol.